The van der Waals surface area contributed by atoms with Crippen molar-refractivity contribution < 1.29 is 0 Å². The number of fused-ring (bicyclic) bond motifs is 1. The minimum Gasteiger partial charge on any atom is -0.305 e. The van der Waals surface area contributed by atoms with Gasteiger partial charge >= 0.3 is 0 Å². The van der Waals surface area contributed by atoms with Crippen molar-refractivity contribution in [2.75, 3.05) is 0 Å². The molecule has 0 aromatic rings. The van der Waals surface area contributed by atoms with Gasteiger partial charge in [-0.2, -0.15) is 0 Å². The highest BCUT2D eigenvalue weighted by Gasteiger charge is 2.68. The van der Waals surface area contributed by atoms with Gasteiger partial charge in [0.05, 0.1) is 0 Å². The molecule has 1 saturated heterocycles. The van der Waals surface area contributed by atoms with E-state index in [1.807, 2.05) is 0 Å². The van der Waals surface area contributed by atoms with Crippen molar-refractivity contribution in [1.82, 2.24) is 5.32 Å². The van der Waals surface area contributed by atoms with E-state index in [-0.39, 0.29) is 0 Å². The summed E-state index contributed by atoms with van der Waals surface area (Å²) in [7, 11) is 0. The number of nitrogens with one attached hydrogen (secondary N) is 1. The Morgan fingerprint density at radius 2 is 2.38 bits per heavy atom. The molecule has 0 aromatic heterocycles. The third-order valence-electron chi connectivity index (χ3n) is 2.33. The van der Waals surface area contributed by atoms with Crippen molar-refractivity contribution in [3.63, 3.8) is 0 Å². The second-order valence-electron chi connectivity index (χ2n) is 3.01. The third-order valence-corrected chi connectivity index (χ3v) is 2.33. The van der Waals surface area contributed by atoms with Gasteiger partial charge in [-0.15, -0.1) is 0 Å². The van der Waals surface area contributed by atoms with Crippen LogP contribution in [-0.2, 0) is 0 Å². The first-order valence-electron chi connectivity index (χ1n) is 3.44. The maximum atomic E-state index is 3.81. The average molecular weight is 110 g/mol. The predicted molar refractivity (Wildman–Crippen MR) is 33.5 cm³/mol. The van der Waals surface area contributed by atoms with E-state index in [1.54, 1.807) is 0 Å². The molecule has 8 heavy (non-hydrogen) atoms. The van der Waals surface area contributed by atoms with E-state index in [0.29, 0.717) is 5.54 Å². The molecule has 1 heteroatoms. The largest absolute Gasteiger partial charge is 0.305 e. The Balaban J connectivity index is 1.70. The molecular formula is C7H12N. The van der Waals surface area contributed by atoms with Gasteiger partial charge in [-0.05, 0) is 12.8 Å². The van der Waals surface area contributed by atoms with Crippen LogP contribution >= 0.6 is 0 Å². The summed E-state index contributed by atoms with van der Waals surface area (Å²) in [6, 6.07) is 0.939. The van der Waals surface area contributed by atoms with E-state index in [2.05, 4.69) is 12.2 Å². The molecule has 0 aromatic carbocycles. The molecule has 2 fully saturated rings. The van der Waals surface area contributed by atoms with Gasteiger partial charge in [0.15, 0.2) is 0 Å². The number of hydrogen-bond acceptors (Lipinski definition) is 1. The molecule has 1 nitrogen and oxygen atoms in total. The summed E-state index contributed by atoms with van der Waals surface area (Å²) in [6.07, 6.45) is 5.24. The summed E-state index contributed by atoms with van der Waals surface area (Å²) in [5.74, 6) is 0. The summed E-state index contributed by atoms with van der Waals surface area (Å²) in [6.45, 7) is 3.81. The zero-order chi connectivity index (χ0) is 5.61. The van der Waals surface area contributed by atoms with Gasteiger partial charge in [0.2, 0.25) is 0 Å². The standard InChI is InChI=1S/C7H12N/c1-2-3-4-7-5-6(7)8-7/h6,8H,1-5H2. The van der Waals surface area contributed by atoms with Crippen LogP contribution in [0.4, 0.5) is 0 Å². The first-order chi connectivity index (χ1) is 3.87. The van der Waals surface area contributed by atoms with Crippen molar-refractivity contribution in [3.8, 4) is 0 Å². The van der Waals surface area contributed by atoms with Crippen LogP contribution in [0.3, 0.4) is 0 Å². The molecule has 1 N–H and O–H groups in total. The SMILES string of the molecule is [CH2]CCCC12CC1N2. The normalized spacial score (nSPS) is 48.4. The highest BCUT2D eigenvalue weighted by Crippen LogP contribution is 2.54. The van der Waals surface area contributed by atoms with Crippen LogP contribution in [0.5, 0.6) is 0 Å². The fourth-order valence-corrected chi connectivity index (χ4v) is 1.38. The lowest BCUT2D eigenvalue weighted by Crippen LogP contribution is -2.07. The predicted octanol–water partition coefficient (Wildman–Crippen LogP) is 1.11. The van der Waals surface area contributed by atoms with Crippen LogP contribution in [0.1, 0.15) is 25.7 Å². The topological polar surface area (TPSA) is 21.9 Å². The number of rotatable bonds is 3. The van der Waals surface area contributed by atoms with E-state index >= 15 is 0 Å². The summed E-state index contributed by atoms with van der Waals surface area (Å²) in [4.78, 5) is 0. The molecule has 1 heterocycles. The van der Waals surface area contributed by atoms with E-state index < -0.39 is 0 Å². The highest BCUT2D eigenvalue weighted by atomic mass is 15.3. The molecule has 1 saturated carbocycles. The van der Waals surface area contributed by atoms with Crippen LogP contribution in [0.15, 0.2) is 0 Å². The Hall–Kier alpha value is -0.0400. The van der Waals surface area contributed by atoms with E-state index in [4.69, 9.17) is 0 Å². The first-order valence-corrected chi connectivity index (χ1v) is 3.44. The molecule has 2 atom stereocenters. The van der Waals surface area contributed by atoms with Crippen LogP contribution in [0.25, 0.3) is 0 Å². The van der Waals surface area contributed by atoms with Crippen molar-refractivity contribution in [2.45, 2.75) is 37.3 Å². The minimum absolute atomic E-state index is 0.678. The smallest absolute Gasteiger partial charge is 0.0354 e. The Morgan fingerprint density at radius 3 is 2.75 bits per heavy atom. The van der Waals surface area contributed by atoms with Crippen molar-refractivity contribution in [3.05, 3.63) is 6.92 Å². The third kappa shape index (κ3) is 0.510. The summed E-state index contributed by atoms with van der Waals surface area (Å²) < 4.78 is 0. The molecular weight excluding hydrogens is 98.1 g/mol. The summed E-state index contributed by atoms with van der Waals surface area (Å²) >= 11 is 0. The fraction of sp³-hybridized carbons (Fsp3) is 0.857. The monoisotopic (exact) mass is 110 g/mol. The van der Waals surface area contributed by atoms with Crippen LogP contribution in [-0.4, -0.2) is 11.6 Å². The van der Waals surface area contributed by atoms with Gasteiger partial charge in [0.25, 0.3) is 0 Å². The lowest BCUT2D eigenvalue weighted by molar-refractivity contribution is 0.611. The van der Waals surface area contributed by atoms with E-state index in [9.17, 15) is 0 Å². The van der Waals surface area contributed by atoms with Crippen LogP contribution in [0.2, 0.25) is 0 Å². The number of hydrogen-bond donors (Lipinski definition) is 1. The zero-order valence-corrected chi connectivity index (χ0v) is 5.11. The van der Waals surface area contributed by atoms with Gasteiger partial charge in [-0.25, -0.2) is 0 Å². The maximum absolute atomic E-state index is 3.81. The lowest BCUT2D eigenvalue weighted by Gasteiger charge is -1.98. The Bertz CT molecular complexity index is 103. The molecule has 1 aliphatic carbocycles. The molecule has 2 unspecified atom stereocenters. The van der Waals surface area contributed by atoms with Crippen molar-refractivity contribution >= 4 is 0 Å². The summed E-state index contributed by atoms with van der Waals surface area (Å²) in [5, 5.41) is 3.42. The van der Waals surface area contributed by atoms with Crippen LogP contribution in [0, 0.1) is 6.92 Å². The Labute approximate surface area is 50.5 Å². The molecule has 2 rings (SSSR count). The fourth-order valence-electron chi connectivity index (χ4n) is 1.38. The average Bonchev–Trinajstić information content (AvgIpc) is 2.45. The zero-order valence-electron chi connectivity index (χ0n) is 5.11. The molecule has 0 bridgehead atoms. The quantitative estimate of drug-likeness (QED) is 0.540. The molecule has 0 amide bonds. The Kier molecular flexibility index (Phi) is 0.762. The molecule has 0 spiro atoms. The molecule has 1 aliphatic heterocycles. The highest BCUT2D eigenvalue weighted by molar-refractivity contribution is 5.31. The van der Waals surface area contributed by atoms with Gasteiger partial charge in [0, 0.05) is 11.6 Å². The van der Waals surface area contributed by atoms with Gasteiger partial charge in [-0.1, -0.05) is 19.8 Å². The molecule has 2 aliphatic rings. The maximum Gasteiger partial charge on any atom is 0.0354 e. The second kappa shape index (κ2) is 1.27. The second-order valence-corrected chi connectivity index (χ2v) is 3.01. The summed E-state index contributed by atoms with van der Waals surface area (Å²) in [5.41, 5.74) is 0.678. The van der Waals surface area contributed by atoms with Gasteiger partial charge in [0.1, 0.15) is 0 Å². The van der Waals surface area contributed by atoms with E-state index in [1.165, 1.54) is 19.3 Å². The lowest BCUT2D eigenvalue weighted by atomic mass is 10.1. The van der Waals surface area contributed by atoms with E-state index in [0.717, 1.165) is 12.5 Å². The van der Waals surface area contributed by atoms with Gasteiger partial charge in [-0.3, -0.25) is 0 Å². The van der Waals surface area contributed by atoms with Crippen LogP contribution < -0.4 is 5.32 Å². The van der Waals surface area contributed by atoms with Gasteiger partial charge < -0.3 is 5.32 Å². The first kappa shape index (κ1) is 4.80. The molecule has 45 valence electrons. The minimum atomic E-state index is 0.678. The Morgan fingerprint density at radius 1 is 1.75 bits per heavy atom. The van der Waals surface area contributed by atoms with Crippen molar-refractivity contribution in [2.24, 2.45) is 0 Å². The van der Waals surface area contributed by atoms with Crippen molar-refractivity contribution in [1.29, 1.82) is 0 Å². The number of unbranched alkanes of at least 4 members (excludes halogenated alkanes) is 1. The molecule has 1 radical (unpaired) electrons.